The molecule has 2 aromatic rings. The van der Waals surface area contributed by atoms with E-state index in [1.165, 1.54) is 23.9 Å². The van der Waals surface area contributed by atoms with E-state index >= 15 is 0 Å². The number of carbonyl (C=O) groups excluding carboxylic acids is 1. The van der Waals surface area contributed by atoms with Crippen LogP contribution in [0.4, 0.5) is 5.69 Å². The van der Waals surface area contributed by atoms with Gasteiger partial charge in [0.1, 0.15) is 0 Å². The summed E-state index contributed by atoms with van der Waals surface area (Å²) in [4.78, 5) is 21.8. The fourth-order valence-corrected chi connectivity index (χ4v) is 2.62. The largest absolute Gasteiger partial charge is 0.298 e. The Morgan fingerprint density at radius 2 is 2.16 bits per heavy atom. The van der Waals surface area contributed by atoms with E-state index in [9.17, 15) is 14.9 Å². The highest BCUT2D eigenvalue weighted by atomic mass is 32.2. The molecular formula is C12H11N3O3S. The number of aryl methyl sites for hydroxylation is 2. The summed E-state index contributed by atoms with van der Waals surface area (Å²) in [5, 5.41) is 15.7. The number of nitro benzene ring substituents is 1. The Kier molecular flexibility index (Phi) is 3.66. The SMILES string of the molecule is Cc1cc(Sc2ccc([N+](=O)[O-])cc2C=O)n(C)n1. The van der Waals surface area contributed by atoms with Crippen LogP contribution in [0.15, 0.2) is 34.2 Å². The number of rotatable bonds is 4. The zero-order valence-corrected chi connectivity index (χ0v) is 11.2. The zero-order chi connectivity index (χ0) is 14.0. The maximum atomic E-state index is 11.0. The number of aldehydes is 1. The van der Waals surface area contributed by atoms with E-state index < -0.39 is 4.92 Å². The lowest BCUT2D eigenvalue weighted by atomic mass is 10.2. The highest BCUT2D eigenvalue weighted by Gasteiger charge is 2.13. The summed E-state index contributed by atoms with van der Waals surface area (Å²) in [5.41, 5.74) is 1.09. The van der Waals surface area contributed by atoms with Gasteiger partial charge in [-0.05, 0) is 19.1 Å². The van der Waals surface area contributed by atoms with Gasteiger partial charge in [-0.2, -0.15) is 5.10 Å². The second-order valence-electron chi connectivity index (χ2n) is 3.95. The van der Waals surface area contributed by atoms with E-state index in [4.69, 9.17) is 0 Å². The van der Waals surface area contributed by atoms with E-state index in [1.54, 1.807) is 17.8 Å². The Morgan fingerprint density at radius 1 is 1.42 bits per heavy atom. The van der Waals surface area contributed by atoms with Crippen LogP contribution in [0.2, 0.25) is 0 Å². The van der Waals surface area contributed by atoms with Crippen LogP contribution in [0, 0.1) is 17.0 Å². The van der Waals surface area contributed by atoms with Gasteiger partial charge >= 0.3 is 0 Å². The number of carbonyl (C=O) groups is 1. The molecule has 1 aromatic carbocycles. The molecule has 19 heavy (non-hydrogen) atoms. The Hall–Kier alpha value is -2.15. The van der Waals surface area contributed by atoms with Crippen LogP contribution in [-0.4, -0.2) is 21.0 Å². The molecule has 0 saturated heterocycles. The van der Waals surface area contributed by atoms with Crippen molar-refractivity contribution < 1.29 is 9.72 Å². The molecule has 0 unspecified atom stereocenters. The normalized spacial score (nSPS) is 10.4. The van der Waals surface area contributed by atoms with Crippen LogP contribution in [0.25, 0.3) is 0 Å². The van der Waals surface area contributed by atoms with Gasteiger partial charge in [-0.15, -0.1) is 0 Å². The summed E-state index contributed by atoms with van der Waals surface area (Å²) < 4.78 is 1.70. The molecule has 0 atom stereocenters. The van der Waals surface area contributed by atoms with Gasteiger partial charge in [-0.3, -0.25) is 19.6 Å². The predicted molar refractivity (Wildman–Crippen MR) is 70.6 cm³/mol. The Labute approximate surface area is 113 Å². The van der Waals surface area contributed by atoms with Crippen molar-refractivity contribution in [1.82, 2.24) is 9.78 Å². The van der Waals surface area contributed by atoms with Gasteiger partial charge in [0.05, 0.1) is 15.6 Å². The van der Waals surface area contributed by atoms with E-state index in [0.717, 1.165) is 10.7 Å². The van der Waals surface area contributed by atoms with Crippen LogP contribution in [0.5, 0.6) is 0 Å². The molecule has 0 aliphatic heterocycles. The quantitative estimate of drug-likeness (QED) is 0.487. The Balaban J connectivity index is 2.37. The van der Waals surface area contributed by atoms with Gasteiger partial charge in [0.2, 0.25) is 0 Å². The van der Waals surface area contributed by atoms with Crippen molar-refractivity contribution in [3.8, 4) is 0 Å². The lowest BCUT2D eigenvalue weighted by Gasteiger charge is -2.04. The summed E-state index contributed by atoms with van der Waals surface area (Å²) >= 11 is 1.35. The monoisotopic (exact) mass is 277 g/mol. The number of hydrogen-bond acceptors (Lipinski definition) is 5. The number of nitrogens with zero attached hydrogens (tertiary/aromatic N) is 3. The zero-order valence-electron chi connectivity index (χ0n) is 10.4. The summed E-state index contributed by atoms with van der Waals surface area (Å²) in [7, 11) is 1.81. The minimum atomic E-state index is -0.518. The Morgan fingerprint density at radius 3 is 2.68 bits per heavy atom. The Bertz CT molecular complexity index is 652. The second kappa shape index (κ2) is 5.23. The minimum absolute atomic E-state index is 0.0902. The molecular weight excluding hydrogens is 266 g/mol. The minimum Gasteiger partial charge on any atom is -0.298 e. The van der Waals surface area contributed by atoms with Crippen molar-refractivity contribution in [2.75, 3.05) is 0 Å². The number of nitro groups is 1. The molecule has 0 radical (unpaired) electrons. The molecule has 98 valence electrons. The highest BCUT2D eigenvalue weighted by molar-refractivity contribution is 7.99. The van der Waals surface area contributed by atoms with Crippen molar-refractivity contribution in [3.05, 3.63) is 45.6 Å². The molecule has 7 heteroatoms. The lowest BCUT2D eigenvalue weighted by molar-refractivity contribution is -0.384. The van der Waals surface area contributed by atoms with Gasteiger partial charge in [-0.25, -0.2) is 0 Å². The van der Waals surface area contributed by atoms with Crippen LogP contribution in [0.3, 0.4) is 0 Å². The number of hydrogen-bond donors (Lipinski definition) is 0. The maximum Gasteiger partial charge on any atom is 0.270 e. The van der Waals surface area contributed by atoms with Crippen molar-refractivity contribution in [1.29, 1.82) is 0 Å². The molecule has 0 bridgehead atoms. The first-order valence-corrected chi connectivity index (χ1v) is 6.25. The van der Waals surface area contributed by atoms with Crippen molar-refractivity contribution in [2.24, 2.45) is 7.05 Å². The molecule has 0 aliphatic rings. The third-order valence-electron chi connectivity index (χ3n) is 2.50. The summed E-state index contributed by atoms with van der Waals surface area (Å²) in [6, 6.07) is 6.13. The topological polar surface area (TPSA) is 78.0 Å². The average Bonchev–Trinajstić information content (AvgIpc) is 2.68. The maximum absolute atomic E-state index is 11.0. The standard InChI is InChI=1S/C12H11N3O3S/c1-8-5-12(14(2)13-8)19-11-4-3-10(15(17)18)6-9(11)7-16/h3-7H,1-2H3. The number of non-ortho nitro benzene ring substituents is 1. The van der Waals surface area contributed by atoms with Crippen molar-refractivity contribution in [2.45, 2.75) is 16.8 Å². The van der Waals surface area contributed by atoms with Gasteiger partial charge in [0.15, 0.2) is 6.29 Å². The average molecular weight is 277 g/mol. The predicted octanol–water partition coefficient (Wildman–Crippen LogP) is 2.60. The number of benzene rings is 1. The molecule has 0 aliphatic carbocycles. The first-order valence-electron chi connectivity index (χ1n) is 5.43. The van der Waals surface area contributed by atoms with E-state index in [2.05, 4.69) is 5.10 Å². The highest BCUT2D eigenvalue weighted by Crippen LogP contribution is 2.31. The van der Waals surface area contributed by atoms with Crippen LogP contribution >= 0.6 is 11.8 Å². The van der Waals surface area contributed by atoms with Gasteiger partial charge in [0, 0.05) is 29.6 Å². The first kappa shape index (κ1) is 13.3. The molecule has 6 nitrogen and oxygen atoms in total. The van der Waals surface area contributed by atoms with E-state index in [0.29, 0.717) is 16.7 Å². The molecule has 0 amide bonds. The number of aromatic nitrogens is 2. The molecule has 0 N–H and O–H groups in total. The smallest absolute Gasteiger partial charge is 0.270 e. The fraction of sp³-hybridized carbons (Fsp3) is 0.167. The van der Waals surface area contributed by atoms with Crippen molar-refractivity contribution in [3.63, 3.8) is 0 Å². The molecule has 0 fully saturated rings. The molecule has 1 heterocycles. The van der Waals surface area contributed by atoms with Crippen LogP contribution in [0.1, 0.15) is 16.1 Å². The summed E-state index contributed by atoms with van der Waals surface area (Å²) in [6.45, 7) is 1.88. The van der Waals surface area contributed by atoms with Gasteiger partial charge in [0.25, 0.3) is 5.69 Å². The van der Waals surface area contributed by atoms with Crippen molar-refractivity contribution >= 4 is 23.7 Å². The first-order chi connectivity index (χ1) is 9.01. The molecule has 0 spiro atoms. The molecule has 2 rings (SSSR count). The van der Waals surface area contributed by atoms with E-state index in [-0.39, 0.29) is 5.69 Å². The third-order valence-corrected chi connectivity index (χ3v) is 3.69. The van der Waals surface area contributed by atoms with Crippen LogP contribution in [-0.2, 0) is 7.05 Å². The second-order valence-corrected chi connectivity index (χ2v) is 5.01. The summed E-state index contributed by atoms with van der Waals surface area (Å²) in [5.74, 6) is 0. The molecule has 0 saturated carbocycles. The summed E-state index contributed by atoms with van der Waals surface area (Å²) in [6.07, 6.45) is 0.624. The van der Waals surface area contributed by atoms with Gasteiger partial charge in [-0.1, -0.05) is 11.8 Å². The van der Waals surface area contributed by atoms with Crippen LogP contribution < -0.4 is 0 Å². The van der Waals surface area contributed by atoms with Gasteiger partial charge < -0.3 is 0 Å². The van der Waals surface area contributed by atoms with E-state index in [1.807, 2.05) is 13.0 Å². The lowest BCUT2D eigenvalue weighted by Crippen LogP contribution is -1.95. The third kappa shape index (κ3) is 2.82. The molecule has 1 aromatic heterocycles. The fourth-order valence-electron chi connectivity index (χ4n) is 1.63.